The van der Waals surface area contributed by atoms with E-state index in [0.717, 1.165) is 17.1 Å². The van der Waals surface area contributed by atoms with Crippen LogP contribution < -0.4 is 21.7 Å². The summed E-state index contributed by atoms with van der Waals surface area (Å²) in [5.41, 5.74) is 8.90. The maximum atomic E-state index is 12.3. The highest BCUT2D eigenvalue weighted by Gasteiger charge is 2.44. The van der Waals surface area contributed by atoms with E-state index in [-0.39, 0.29) is 11.8 Å². The van der Waals surface area contributed by atoms with Gasteiger partial charge >= 0.3 is 0 Å². The topological polar surface area (TPSA) is 96.2 Å². The molecule has 28 heavy (non-hydrogen) atoms. The number of imide groups is 1. The fourth-order valence-electron chi connectivity index (χ4n) is 3.79. The zero-order chi connectivity index (χ0) is 19.6. The molecular weight excluding hydrogens is 352 g/mol. The molecule has 0 aromatic heterocycles. The molecule has 2 aromatic rings. The van der Waals surface area contributed by atoms with Crippen LogP contribution in [0, 0.1) is 0 Å². The lowest BCUT2D eigenvalue weighted by Crippen LogP contribution is -2.47. The number of carbonyl (C=O) groups excluding carboxylic acids is 2. The van der Waals surface area contributed by atoms with Gasteiger partial charge in [0.25, 0.3) is 11.8 Å². The van der Waals surface area contributed by atoms with Gasteiger partial charge in [0.05, 0.1) is 11.1 Å². The molecule has 0 fully saturated rings. The fraction of sp³-hybridized carbons (Fsp3) is 0.182. The summed E-state index contributed by atoms with van der Waals surface area (Å²) in [6, 6.07) is 19.5. The number of hydrogen-bond acceptors (Lipinski definition) is 5. The number of benzene rings is 2. The van der Waals surface area contributed by atoms with Crippen LogP contribution in [0.3, 0.4) is 0 Å². The Labute approximate surface area is 163 Å². The van der Waals surface area contributed by atoms with Crippen LogP contribution in [0.4, 0.5) is 11.4 Å². The summed E-state index contributed by atoms with van der Waals surface area (Å²) in [7, 11) is 0. The first kappa shape index (κ1) is 18.0. The van der Waals surface area contributed by atoms with Crippen molar-refractivity contribution in [3.05, 3.63) is 83.6 Å². The molecule has 1 unspecified atom stereocenters. The quantitative estimate of drug-likeness (QED) is 0.583. The first-order valence-corrected chi connectivity index (χ1v) is 9.28. The van der Waals surface area contributed by atoms with Crippen LogP contribution in [0.5, 0.6) is 0 Å². The van der Waals surface area contributed by atoms with Crippen molar-refractivity contribution < 1.29 is 9.59 Å². The number of para-hydroxylation sites is 2. The van der Waals surface area contributed by atoms with Crippen molar-refractivity contribution in [3.8, 4) is 0 Å². The highest BCUT2D eigenvalue weighted by atomic mass is 16.2. The molecule has 142 valence electrons. The minimum absolute atomic E-state index is 0.328. The Morgan fingerprint density at radius 1 is 0.929 bits per heavy atom. The summed E-state index contributed by atoms with van der Waals surface area (Å²) in [6.45, 7) is 0.422. The van der Waals surface area contributed by atoms with E-state index in [2.05, 4.69) is 16.0 Å². The predicted molar refractivity (Wildman–Crippen MR) is 109 cm³/mol. The molecule has 2 aromatic carbocycles. The zero-order valence-corrected chi connectivity index (χ0v) is 15.4. The van der Waals surface area contributed by atoms with E-state index < -0.39 is 5.54 Å². The summed E-state index contributed by atoms with van der Waals surface area (Å²) in [4.78, 5) is 24.6. The van der Waals surface area contributed by atoms with E-state index in [4.69, 9.17) is 5.73 Å². The van der Waals surface area contributed by atoms with Gasteiger partial charge in [-0.25, -0.2) is 0 Å². The van der Waals surface area contributed by atoms with Crippen molar-refractivity contribution in [2.45, 2.75) is 18.4 Å². The van der Waals surface area contributed by atoms with Crippen molar-refractivity contribution in [2.75, 3.05) is 17.2 Å². The van der Waals surface area contributed by atoms with Gasteiger partial charge in [0, 0.05) is 29.1 Å². The summed E-state index contributed by atoms with van der Waals surface area (Å²) in [6.07, 6.45) is 2.74. The Morgan fingerprint density at radius 2 is 1.57 bits per heavy atom. The molecule has 6 heteroatoms. The number of nitrogens with two attached hydrogens (primary N) is 1. The molecule has 0 bridgehead atoms. The van der Waals surface area contributed by atoms with E-state index in [9.17, 15) is 9.59 Å². The average molecular weight is 374 g/mol. The van der Waals surface area contributed by atoms with Gasteiger partial charge in [0.1, 0.15) is 0 Å². The molecule has 6 nitrogen and oxygen atoms in total. The van der Waals surface area contributed by atoms with Gasteiger partial charge in [0.15, 0.2) is 0 Å². The van der Waals surface area contributed by atoms with Gasteiger partial charge in [-0.05, 0) is 43.3 Å². The van der Waals surface area contributed by atoms with E-state index in [1.54, 1.807) is 6.08 Å². The second kappa shape index (κ2) is 7.32. The van der Waals surface area contributed by atoms with E-state index in [1.807, 2.05) is 60.7 Å². The molecule has 1 aliphatic heterocycles. The van der Waals surface area contributed by atoms with Crippen LogP contribution in [0.15, 0.2) is 83.6 Å². The minimum atomic E-state index is -0.632. The molecule has 1 aliphatic carbocycles. The van der Waals surface area contributed by atoms with Gasteiger partial charge in [0.2, 0.25) is 0 Å². The predicted octanol–water partition coefficient (Wildman–Crippen LogP) is 2.54. The number of rotatable bonds is 6. The van der Waals surface area contributed by atoms with Crippen molar-refractivity contribution in [3.63, 3.8) is 0 Å². The number of nitrogens with one attached hydrogen (secondary N) is 3. The summed E-state index contributed by atoms with van der Waals surface area (Å²) in [5.74, 6) is -0.681. The molecule has 5 N–H and O–H groups in total. The molecule has 1 heterocycles. The molecule has 0 radical (unpaired) electrons. The second-order valence-corrected chi connectivity index (χ2v) is 7.01. The third-order valence-corrected chi connectivity index (χ3v) is 5.14. The minimum Gasteiger partial charge on any atom is -0.374 e. The third kappa shape index (κ3) is 3.30. The SMILES string of the molecule is NCCC1(Nc2ccccc2)CC2=C(C=C1Nc1ccccc1)C(=O)NC2=O. The van der Waals surface area contributed by atoms with Crippen molar-refractivity contribution >= 4 is 23.2 Å². The van der Waals surface area contributed by atoms with Crippen LogP contribution >= 0.6 is 0 Å². The highest BCUT2D eigenvalue weighted by molar-refractivity contribution is 6.21. The van der Waals surface area contributed by atoms with E-state index >= 15 is 0 Å². The fourth-order valence-corrected chi connectivity index (χ4v) is 3.79. The number of carbonyl (C=O) groups is 2. The summed E-state index contributed by atoms with van der Waals surface area (Å²) < 4.78 is 0. The van der Waals surface area contributed by atoms with Gasteiger partial charge in [-0.2, -0.15) is 0 Å². The van der Waals surface area contributed by atoms with Crippen LogP contribution in [0.25, 0.3) is 0 Å². The molecule has 0 saturated heterocycles. The maximum absolute atomic E-state index is 12.3. The zero-order valence-electron chi connectivity index (χ0n) is 15.4. The lowest BCUT2D eigenvalue weighted by Gasteiger charge is -2.40. The van der Waals surface area contributed by atoms with Crippen molar-refractivity contribution in [2.24, 2.45) is 5.73 Å². The number of anilines is 2. The molecular formula is C22H22N4O2. The van der Waals surface area contributed by atoms with Crippen molar-refractivity contribution in [1.82, 2.24) is 5.32 Å². The lowest BCUT2D eigenvalue weighted by molar-refractivity contribution is -0.124. The smallest absolute Gasteiger partial charge is 0.258 e. The molecule has 4 rings (SSSR count). The van der Waals surface area contributed by atoms with Gasteiger partial charge in [-0.1, -0.05) is 36.4 Å². The Morgan fingerprint density at radius 3 is 2.21 bits per heavy atom. The van der Waals surface area contributed by atoms with Crippen molar-refractivity contribution in [1.29, 1.82) is 0 Å². The average Bonchev–Trinajstić information content (AvgIpc) is 2.97. The third-order valence-electron chi connectivity index (χ3n) is 5.14. The number of amides is 2. The number of hydrogen-bond donors (Lipinski definition) is 4. The van der Waals surface area contributed by atoms with Gasteiger partial charge < -0.3 is 16.4 Å². The first-order valence-electron chi connectivity index (χ1n) is 9.28. The Balaban J connectivity index is 1.79. The highest BCUT2D eigenvalue weighted by Crippen LogP contribution is 2.40. The van der Waals surface area contributed by atoms with Gasteiger partial charge in [-0.3, -0.25) is 14.9 Å². The Bertz CT molecular complexity index is 967. The molecule has 0 spiro atoms. The van der Waals surface area contributed by atoms with E-state index in [1.165, 1.54) is 0 Å². The van der Waals surface area contributed by atoms with Crippen LogP contribution in [-0.2, 0) is 9.59 Å². The van der Waals surface area contributed by atoms with Crippen LogP contribution in [0.2, 0.25) is 0 Å². The normalized spacial score (nSPS) is 21.1. The molecule has 0 saturated carbocycles. The summed E-state index contributed by atoms with van der Waals surface area (Å²) in [5, 5.41) is 9.42. The Kier molecular flexibility index (Phi) is 4.71. The van der Waals surface area contributed by atoms with Crippen LogP contribution in [-0.4, -0.2) is 23.9 Å². The molecule has 2 amide bonds. The largest absolute Gasteiger partial charge is 0.374 e. The monoisotopic (exact) mass is 374 g/mol. The Hall–Kier alpha value is -3.38. The van der Waals surface area contributed by atoms with Crippen LogP contribution in [0.1, 0.15) is 12.8 Å². The second-order valence-electron chi connectivity index (χ2n) is 7.01. The van der Waals surface area contributed by atoms with Gasteiger partial charge in [-0.15, -0.1) is 0 Å². The first-order chi connectivity index (χ1) is 13.6. The summed E-state index contributed by atoms with van der Waals surface area (Å²) >= 11 is 0. The lowest BCUT2D eigenvalue weighted by atomic mass is 9.78. The van der Waals surface area contributed by atoms with E-state index in [0.29, 0.717) is 30.5 Å². The standard InChI is InChI=1S/C22H22N4O2/c23-12-11-22(26-16-9-5-2-6-10-16)14-18-17(20(27)25-21(18)28)13-19(22)24-15-7-3-1-4-8-15/h1-10,13,24,26H,11-12,14,23H2,(H,25,27,28). The maximum Gasteiger partial charge on any atom is 0.258 e. The molecule has 2 aliphatic rings. The molecule has 1 atom stereocenters.